The number of aliphatic hydroxyl groups is 1. The lowest BCUT2D eigenvalue weighted by Gasteiger charge is -2.17. The van der Waals surface area contributed by atoms with E-state index in [0.29, 0.717) is 5.56 Å². The van der Waals surface area contributed by atoms with E-state index in [9.17, 15) is 14.5 Å². The molecule has 4 N–H and O–H groups in total. The monoisotopic (exact) mass is 540 g/mol. The van der Waals surface area contributed by atoms with E-state index in [4.69, 9.17) is 14.5 Å². The highest BCUT2D eigenvalue weighted by molar-refractivity contribution is 9.11. The fourth-order valence-electron chi connectivity index (χ4n) is 3.29. The molecule has 0 aliphatic carbocycles. The summed E-state index contributed by atoms with van der Waals surface area (Å²) in [5, 5.41) is 13.2. The van der Waals surface area contributed by atoms with E-state index in [1.165, 1.54) is 23.3 Å². The summed E-state index contributed by atoms with van der Waals surface area (Å²) >= 11 is 3.17. The van der Waals surface area contributed by atoms with Crippen molar-refractivity contribution in [1.82, 2.24) is 24.5 Å². The maximum atomic E-state index is 12.6. The van der Waals surface area contributed by atoms with Crippen LogP contribution in [0.1, 0.15) is 28.8 Å². The number of amides is 1. The second kappa shape index (κ2) is 9.73. The third-order valence-corrected chi connectivity index (χ3v) is 5.44. The van der Waals surface area contributed by atoms with Crippen molar-refractivity contribution in [2.24, 2.45) is 0 Å². The Morgan fingerprint density at radius 1 is 1.36 bits per heavy atom. The maximum Gasteiger partial charge on any atom is 0.469 e. The number of anilines is 1. The van der Waals surface area contributed by atoms with Crippen LogP contribution >= 0.6 is 23.8 Å². The van der Waals surface area contributed by atoms with Gasteiger partial charge in [0.1, 0.15) is 6.10 Å². The van der Waals surface area contributed by atoms with Gasteiger partial charge in [-0.25, -0.2) is 19.5 Å². The smallest absolute Gasteiger partial charge is 0.388 e. The number of nitrogens with zero attached hydrogens (tertiary/aromatic N) is 5. The molecule has 4 rings (SSSR count). The normalized spacial score (nSPS) is 21.2. The van der Waals surface area contributed by atoms with Crippen LogP contribution in [0.15, 0.2) is 35.8 Å². The topological polar surface area (TPSA) is 182 Å². The SMILES string of the molecule is O=C(Nc1nc(/C=C/Br)nc2c1ncn2[C@@H]1O[C@H](COP(=O)(O)O)CC1O)c1ccncc1. The van der Waals surface area contributed by atoms with Crippen LogP contribution in [0.25, 0.3) is 17.2 Å². The van der Waals surface area contributed by atoms with Crippen molar-refractivity contribution < 1.29 is 33.5 Å². The molecule has 174 valence electrons. The summed E-state index contributed by atoms with van der Waals surface area (Å²) in [6.45, 7) is -0.399. The molecule has 0 radical (unpaired) electrons. The summed E-state index contributed by atoms with van der Waals surface area (Å²) in [5.74, 6) is -0.0254. The molecule has 0 bridgehead atoms. The molecule has 0 saturated carbocycles. The summed E-state index contributed by atoms with van der Waals surface area (Å²) in [6.07, 6.45) is 3.27. The first-order valence-electron chi connectivity index (χ1n) is 9.51. The highest BCUT2D eigenvalue weighted by Gasteiger charge is 2.37. The number of aromatic nitrogens is 5. The molecule has 15 heteroatoms. The van der Waals surface area contributed by atoms with Crippen molar-refractivity contribution in [1.29, 1.82) is 0 Å². The number of pyridine rings is 1. The largest absolute Gasteiger partial charge is 0.469 e. The molecule has 0 spiro atoms. The maximum absolute atomic E-state index is 12.6. The number of imidazole rings is 1. The van der Waals surface area contributed by atoms with E-state index in [-0.39, 0.29) is 29.2 Å². The van der Waals surface area contributed by atoms with Crippen molar-refractivity contribution in [3.63, 3.8) is 0 Å². The summed E-state index contributed by atoms with van der Waals surface area (Å²) in [6, 6.07) is 3.10. The summed E-state index contributed by atoms with van der Waals surface area (Å²) in [5.41, 5.74) is 0.905. The Morgan fingerprint density at radius 2 is 2.12 bits per heavy atom. The van der Waals surface area contributed by atoms with Crippen molar-refractivity contribution in [3.8, 4) is 0 Å². The van der Waals surface area contributed by atoms with E-state index in [1.54, 1.807) is 23.2 Å². The highest BCUT2D eigenvalue weighted by atomic mass is 79.9. The van der Waals surface area contributed by atoms with Gasteiger partial charge in [0, 0.05) is 24.4 Å². The van der Waals surface area contributed by atoms with Gasteiger partial charge in [-0.05, 0) is 23.2 Å². The lowest BCUT2D eigenvalue weighted by atomic mass is 10.2. The van der Waals surface area contributed by atoms with Gasteiger partial charge in [0.15, 0.2) is 29.0 Å². The number of ether oxygens (including phenoxy) is 1. The van der Waals surface area contributed by atoms with Gasteiger partial charge >= 0.3 is 7.82 Å². The summed E-state index contributed by atoms with van der Waals surface area (Å²) in [7, 11) is -4.67. The number of aliphatic hydroxyl groups excluding tert-OH is 1. The Hall–Kier alpha value is -2.58. The van der Waals surface area contributed by atoms with E-state index in [1.807, 2.05) is 0 Å². The Balaban J connectivity index is 1.65. The number of fused-ring (bicyclic) bond motifs is 1. The lowest BCUT2D eigenvalue weighted by Crippen LogP contribution is -2.20. The fourth-order valence-corrected chi connectivity index (χ4v) is 3.89. The molecule has 3 aromatic rings. The minimum Gasteiger partial charge on any atom is -0.388 e. The molecular weight excluding hydrogens is 523 g/mol. The van der Waals surface area contributed by atoms with Crippen LogP contribution in [-0.4, -0.2) is 64.1 Å². The minimum absolute atomic E-state index is 0.0786. The van der Waals surface area contributed by atoms with Crippen LogP contribution in [0.2, 0.25) is 0 Å². The molecular formula is C18H18BrN6O7P. The van der Waals surface area contributed by atoms with E-state index in [0.717, 1.165) is 0 Å². The van der Waals surface area contributed by atoms with E-state index < -0.39 is 38.8 Å². The molecule has 4 heterocycles. The van der Waals surface area contributed by atoms with Crippen molar-refractivity contribution in [3.05, 3.63) is 47.2 Å². The second-order valence-electron chi connectivity index (χ2n) is 6.98. The van der Waals surface area contributed by atoms with E-state index >= 15 is 0 Å². The van der Waals surface area contributed by atoms with Crippen LogP contribution in [0, 0.1) is 0 Å². The molecule has 1 aliphatic rings. The molecule has 1 unspecified atom stereocenters. The molecule has 1 amide bonds. The zero-order chi connectivity index (χ0) is 23.6. The van der Waals surface area contributed by atoms with Crippen LogP contribution in [-0.2, 0) is 13.8 Å². The number of phosphoric acid groups is 1. The number of phosphoric ester groups is 1. The quantitative estimate of drug-likeness (QED) is 0.319. The predicted octanol–water partition coefficient (Wildman–Crippen LogP) is 1.60. The average Bonchev–Trinajstić information content (AvgIpc) is 3.35. The summed E-state index contributed by atoms with van der Waals surface area (Å²) in [4.78, 5) is 48.9. The molecule has 1 fully saturated rings. The standard InChI is InChI=1S/C18H18BrN6O7P/c19-4-1-13-22-15(24-17(27)10-2-5-20-6-3-10)14-16(23-13)25(9-21-14)18-12(26)7-11(32-18)8-31-33(28,29)30/h1-6,9,11-12,18,26H,7-8H2,(H2,28,29,30)(H,22,23,24,27)/b4-1+/t11-,12?,18+/m0/s1. The lowest BCUT2D eigenvalue weighted by molar-refractivity contribution is -0.0481. The Bertz CT molecular complexity index is 1230. The first-order chi connectivity index (χ1) is 15.7. The van der Waals surface area contributed by atoms with Gasteiger partial charge < -0.3 is 24.9 Å². The molecule has 1 aliphatic heterocycles. The number of hydrogen-bond acceptors (Lipinski definition) is 9. The molecule has 0 aromatic carbocycles. The molecule has 33 heavy (non-hydrogen) atoms. The van der Waals surface area contributed by atoms with Gasteiger partial charge in [0.2, 0.25) is 0 Å². The first-order valence-corrected chi connectivity index (χ1v) is 12.0. The van der Waals surface area contributed by atoms with Crippen LogP contribution in [0.5, 0.6) is 0 Å². The number of rotatable bonds is 7. The Kier molecular flexibility index (Phi) is 6.95. The van der Waals surface area contributed by atoms with Crippen LogP contribution in [0.4, 0.5) is 5.82 Å². The van der Waals surface area contributed by atoms with Gasteiger partial charge in [-0.1, -0.05) is 15.9 Å². The number of carbonyl (C=O) groups is 1. The Labute approximate surface area is 194 Å². The molecule has 13 nitrogen and oxygen atoms in total. The van der Waals surface area contributed by atoms with Crippen LogP contribution < -0.4 is 5.32 Å². The van der Waals surface area contributed by atoms with Gasteiger partial charge in [0.25, 0.3) is 5.91 Å². The van der Waals surface area contributed by atoms with Gasteiger partial charge in [-0.15, -0.1) is 0 Å². The van der Waals surface area contributed by atoms with Crippen molar-refractivity contribution in [2.45, 2.75) is 24.9 Å². The van der Waals surface area contributed by atoms with Crippen LogP contribution in [0.3, 0.4) is 0 Å². The molecule has 1 saturated heterocycles. The van der Waals surface area contributed by atoms with Gasteiger partial charge in [0.05, 0.1) is 19.0 Å². The second-order valence-corrected chi connectivity index (χ2v) is 8.74. The van der Waals surface area contributed by atoms with Crippen molar-refractivity contribution >= 4 is 52.7 Å². The Morgan fingerprint density at radius 3 is 2.82 bits per heavy atom. The number of hydrogen-bond donors (Lipinski definition) is 4. The number of nitrogens with one attached hydrogen (secondary N) is 1. The number of halogens is 1. The number of carbonyl (C=O) groups excluding carboxylic acids is 1. The van der Waals surface area contributed by atoms with E-state index in [2.05, 4.69) is 45.7 Å². The first kappa shape index (κ1) is 23.6. The summed E-state index contributed by atoms with van der Waals surface area (Å²) < 4.78 is 22.6. The molecule has 3 atom stereocenters. The zero-order valence-electron chi connectivity index (χ0n) is 16.7. The van der Waals surface area contributed by atoms with Gasteiger partial charge in [-0.3, -0.25) is 18.9 Å². The van der Waals surface area contributed by atoms with Gasteiger partial charge in [-0.2, -0.15) is 0 Å². The fraction of sp³-hybridized carbons (Fsp3) is 0.278. The zero-order valence-corrected chi connectivity index (χ0v) is 19.2. The minimum atomic E-state index is -4.67. The third-order valence-electron chi connectivity index (χ3n) is 4.69. The molecule has 3 aromatic heterocycles. The average molecular weight is 541 g/mol. The highest BCUT2D eigenvalue weighted by Crippen LogP contribution is 2.38. The predicted molar refractivity (Wildman–Crippen MR) is 118 cm³/mol. The third kappa shape index (κ3) is 5.50. The van der Waals surface area contributed by atoms with Crippen molar-refractivity contribution in [2.75, 3.05) is 11.9 Å².